The maximum Gasteiger partial charge on any atom is 0.322 e. The fourth-order valence-corrected chi connectivity index (χ4v) is 4.33. The van der Waals surface area contributed by atoms with Gasteiger partial charge in [0, 0.05) is 30.7 Å². The van der Waals surface area contributed by atoms with Crippen molar-refractivity contribution >= 4 is 17.3 Å². The lowest BCUT2D eigenvalue weighted by atomic mass is 9.84. The summed E-state index contributed by atoms with van der Waals surface area (Å²) in [6, 6.07) is 8.50. The van der Waals surface area contributed by atoms with Gasteiger partial charge in [0.1, 0.15) is 0 Å². The zero-order valence-corrected chi connectivity index (χ0v) is 16.5. The van der Waals surface area contributed by atoms with Crippen LogP contribution in [0, 0.1) is 0 Å². The SMILES string of the molecule is C[C@H]1CC(c2cnccn2)=CCN1C(=O)Nc1ccc(C2CCCCC2)cc1. The van der Waals surface area contributed by atoms with Gasteiger partial charge in [0.2, 0.25) is 0 Å². The molecule has 1 fully saturated rings. The zero-order valence-electron chi connectivity index (χ0n) is 16.5. The molecule has 1 aliphatic carbocycles. The van der Waals surface area contributed by atoms with Gasteiger partial charge in [0.05, 0.1) is 11.9 Å². The van der Waals surface area contributed by atoms with E-state index < -0.39 is 0 Å². The Morgan fingerprint density at radius 2 is 1.89 bits per heavy atom. The van der Waals surface area contributed by atoms with E-state index >= 15 is 0 Å². The molecule has 1 aromatic carbocycles. The highest BCUT2D eigenvalue weighted by molar-refractivity contribution is 5.90. The highest BCUT2D eigenvalue weighted by Gasteiger charge is 2.25. The first-order chi connectivity index (χ1) is 13.7. The van der Waals surface area contributed by atoms with Crippen LogP contribution in [0.2, 0.25) is 0 Å². The summed E-state index contributed by atoms with van der Waals surface area (Å²) >= 11 is 0. The molecule has 28 heavy (non-hydrogen) atoms. The van der Waals surface area contributed by atoms with E-state index in [1.165, 1.54) is 37.7 Å². The molecule has 0 unspecified atom stereocenters. The number of hydrogen-bond acceptors (Lipinski definition) is 3. The average Bonchev–Trinajstić information content (AvgIpc) is 2.75. The molecule has 5 nitrogen and oxygen atoms in total. The van der Waals surface area contributed by atoms with Gasteiger partial charge in [-0.3, -0.25) is 9.97 Å². The maximum atomic E-state index is 12.8. The van der Waals surface area contributed by atoms with Crippen LogP contribution in [-0.4, -0.2) is 33.5 Å². The lowest BCUT2D eigenvalue weighted by molar-refractivity contribution is 0.198. The third kappa shape index (κ3) is 4.24. The Kier molecular flexibility index (Phi) is 5.70. The van der Waals surface area contributed by atoms with E-state index in [9.17, 15) is 4.79 Å². The average molecular weight is 377 g/mol. The molecule has 2 amide bonds. The van der Waals surface area contributed by atoms with Gasteiger partial charge in [-0.05, 0) is 55.4 Å². The van der Waals surface area contributed by atoms with E-state index in [0.717, 1.165) is 23.4 Å². The fraction of sp³-hybridized carbons (Fsp3) is 0.435. The largest absolute Gasteiger partial charge is 0.322 e. The van der Waals surface area contributed by atoms with Gasteiger partial charge in [-0.15, -0.1) is 0 Å². The van der Waals surface area contributed by atoms with Crippen LogP contribution < -0.4 is 5.32 Å². The van der Waals surface area contributed by atoms with E-state index in [4.69, 9.17) is 0 Å². The Balaban J connectivity index is 1.38. The van der Waals surface area contributed by atoms with Crippen molar-refractivity contribution in [2.75, 3.05) is 11.9 Å². The van der Waals surface area contributed by atoms with Gasteiger partial charge in [-0.2, -0.15) is 0 Å². The Bertz CT molecular complexity index is 825. The summed E-state index contributed by atoms with van der Waals surface area (Å²) < 4.78 is 0. The first kappa shape index (κ1) is 18.7. The Hall–Kier alpha value is -2.69. The zero-order chi connectivity index (χ0) is 19.3. The summed E-state index contributed by atoms with van der Waals surface area (Å²) in [7, 11) is 0. The van der Waals surface area contributed by atoms with Gasteiger partial charge >= 0.3 is 6.03 Å². The molecule has 1 aliphatic heterocycles. The second-order valence-corrected chi connectivity index (χ2v) is 7.91. The molecule has 1 saturated carbocycles. The molecular weight excluding hydrogens is 348 g/mol. The highest BCUT2D eigenvalue weighted by atomic mass is 16.2. The predicted molar refractivity (Wildman–Crippen MR) is 112 cm³/mol. The van der Waals surface area contributed by atoms with Crippen molar-refractivity contribution in [1.29, 1.82) is 0 Å². The monoisotopic (exact) mass is 376 g/mol. The number of urea groups is 1. The Morgan fingerprint density at radius 3 is 2.57 bits per heavy atom. The number of carbonyl (C=O) groups excluding carboxylic acids is 1. The molecule has 2 heterocycles. The van der Waals surface area contributed by atoms with Crippen LogP contribution in [0.3, 0.4) is 0 Å². The third-order valence-electron chi connectivity index (χ3n) is 5.97. The molecule has 1 atom stereocenters. The van der Waals surface area contributed by atoms with E-state index in [-0.39, 0.29) is 12.1 Å². The van der Waals surface area contributed by atoms with Crippen molar-refractivity contribution in [2.45, 2.75) is 57.4 Å². The number of nitrogens with zero attached hydrogens (tertiary/aromatic N) is 3. The number of amides is 2. The second-order valence-electron chi connectivity index (χ2n) is 7.91. The van der Waals surface area contributed by atoms with Gasteiger partial charge < -0.3 is 10.2 Å². The van der Waals surface area contributed by atoms with Crippen molar-refractivity contribution in [3.05, 3.63) is 60.2 Å². The van der Waals surface area contributed by atoms with Crippen LogP contribution in [-0.2, 0) is 0 Å². The first-order valence-electron chi connectivity index (χ1n) is 10.3. The topological polar surface area (TPSA) is 58.1 Å². The van der Waals surface area contributed by atoms with Gasteiger partial charge in [-0.1, -0.05) is 37.5 Å². The number of hydrogen-bond donors (Lipinski definition) is 1. The van der Waals surface area contributed by atoms with Crippen molar-refractivity contribution < 1.29 is 4.79 Å². The molecular formula is C23H28N4O. The van der Waals surface area contributed by atoms with Crippen molar-refractivity contribution in [1.82, 2.24) is 14.9 Å². The lowest BCUT2D eigenvalue weighted by Gasteiger charge is -2.33. The second kappa shape index (κ2) is 8.55. The molecule has 0 saturated heterocycles. The highest BCUT2D eigenvalue weighted by Crippen LogP contribution is 2.33. The van der Waals surface area contributed by atoms with Crippen molar-refractivity contribution in [3.63, 3.8) is 0 Å². The summed E-state index contributed by atoms with van der Waals surface area (Å²) in [5, 5.41) is 3.06. The number of carbonyl (C=O) groups is 1. The van der Waals surface area contributed by atoms with E-state index in [1.54, 1.807) is 18.6 Å². The van der Waals surface area contributed by atoms with E-state index in [2.05, 4.69) is 40.4 Å². The Labute approximate surface area is 166 Å². The first-order valence-corrected chi connectivity index (χ1v) is 10.3. The summed E-state index contributed by atoms with van der Waals surface area (Å²) in [5.74, 6) is 0.685. The number of anilines is 1. The predicted octanol–water partition coefficient (Wildman–Crippen LogP) is 5.23. The van der Waals surface area contributed by atoms with Crippen LogP contribution in [0.25, 0.3) is 5.57 Å². The van der Waals surface area contributed by atoms with Gasteiger partial charge in [0.15, 0.2) is 0 Å². The van der Waals surface area contributed by atoms with Crippen LogP contribution in [0.15, 0.2) is 48.9 Å². The number of nitrogens with one attached hydrogen (secondary N) is 1. The van der Waals surface area contributed by atoms with Gasteiger partial charge in [-0.25, -0.2) is 4.79 Å². The Morgan fingerprint density at radius 1 is 1.11 bits per heavy atom. The van der Waals surface area contributed by atoms with Crippen molar-refractivity contribution in [3.8, 4) is 0 Å². The molecule has 5 heteroatoms. The summed E-state index contributed by atoms with van der Waals surface area (Å²) in [6.07, 6.45) is 14.6. The molecule has 4 rings (SSSR count). The van der Waals surface area contributed by atoms with Crippen LogP contribution >= 0.6 is 0 Å². The maximum absolute atomic E-state index is 12.8. The number of aromatic nitrogens is 2. The van der Waals surface area contributed by atoms with Gasteiger partial charge in [0.25, 0.3) is 0 Å². The lowest BCUT2D eigenvalue weighted by Crippen LogP contribution is -2.43. The van der Waals surface area contributed by atoms with Crippen LogP contribution in [0.1, 0.15) is 62.6 Å². The fourth-order valence-electron chi connectivity index (χ4n) is 4.33. The summed E-state index contributed by atoms with van der Waals surface area (Å²) in [5.41, 5.74) is 4.32. The third-order valence-corrected chi connectivity index (χ3v) is 5.97. The molecule has 0 radical (unpaired) electrons. The summed E-state index contributed by atoms with van der Waals surface area (Å²) in [4.78, 5) is 23.1. The minimum atomic E-state index is -0.0487. The van der Waals surface area contributed by atoms with Crippen molar-refractivity contribution in [2.24, 2.45) is 0 Å². The summed E-state index contributed by atoms with van der Waals surface area (Å²) in [6.45, 7) is 2.66. The molecule has 2 aliphatic rings. The van der Waals surface area contributed by atoms with E-state index in [0.29, 0.717) is 12.5 Å². The minimum Gasteiger partial charge on any atom is -0.318 e. The standard InChI is InChI=1S/C23H28N4O/c1-17-15-20(22-16-24-12-13-25-22)11-14-27(17)23(28)26-21-9-7-19(8-10-21)18-5-3-2-4-6-18/h7-13,16-18H,2-6,14-15H2,1H3,(H,26,28)/t17-/m0/s1. The molecule has 2 aromatic rings. The molecule has 0 bridgehead atoms. The number of rotatable bonds is 3. The minimum absolute atomic E-state index is 0.0487. The molecule has 0 spiro atoms. The van der Waals surface area contributed by atoms with Crippen LogP contribution in [0.5, 0.6) is 0 Å². The van der Waals surface area contributed by atoms with Crippen LogP contribution in [0.4, 0.5) is 10.5 Å². The normalized spacial score (nSPS) is 20.5. The quantitative estimate of drug-likeness (QED) is 0.797. The number of benzene rings is 1. The smallest absolute Gasteiger partial charge is 0.318 e. The molecule has 146 valence electrons. The molecule has 1 aromatic heterocycles. The molecule has 1 N–H and O–H groups in total. The van der Waals surface area contributed by atoms with E-state index in [1.807, 2.05) is 17.0 Å².